The fourth-order valence-corrected chi connectivity index (χ4v) is 3.64. The van der Waals surface area contributed by atoms with Gasteiger partial charge in [0, 0.05) is 21.2 Å². The molecule has 0 bridgehead atoms. The van der Waals surface area contributed by atoms with Gasteiger partial charge in [-0.1, -0.05) is 96.0 Å². The molecule has 4 rings (SSSR count). The van der Waals surface area contributed by atoms with Crippen LogP contribution < -0.4 is 0 Å². The normalized spacial score (nSPS) is 10.7. The van der Waals surface area contributed by atoms with Crippen molar-refractivity contribution in [1.29, 1.82) is 0 Å². The molecule has 0 saturated heterocycles. The summed E-state index contributed by atoms with van der Waals surface area (Å²) in [5.74, 6) is 0.0334. The summed E-state index contributed by atoms with van der Waals surface area (Å²) in [5, 5.41) is 1.47. The van der Waals surface area contributed by atoms with Gasteiger partial charge in [-0.05, 0) is 59.4 Å². The van der Waals surface area contributed by atoms with Crippen molar-refractivity contribution < 1.29 is 4.79 Å². The van der Waals surface area contributed by atoms with Crippen molar-refractivity contribution in [2.24, 2.45) is 0 Å². The molecule has 1 nitrogen and oxygen atoms in total. The molecule has 0 aliphatic carbocycles. The summed E-state index contributed by atoms with van der Waals surface area (Å²) in [4.78, 5) is 12.8. The van der Waals surface area contributed by atoms with Gasteiger partial charge in [0.1, 0.15) is 0 Å². The maximum Gasteiger partial charge on any atom is 0.193 e. The summed E-state index contributed by atoms with van der Waals surface area (Å²) >= 11 is 11.9. The molecular weight excluding hydrogens is 411 g/mol. The highest BCUT2D eigenvalue weighted by Crippen LogP contribution is 2.18. The van der Waals surface area contributed by atoms with Crippen LogP contribution in [0.4, 0.5) is 0 Å². The van der Waals surface area contributed by atoms with E-state index >= 15 is 0 Å². The highest BCUT2D eigenvalue weighted by atomic mass is 35.5. The summed E-state index contributed by atoms with van der Waals surface area (Å²) in [6.45, 7) is 0. The molecule has 0 N–H and O–H groups in total. The lowest BCUT2D eigenvalue weighted by molar-refractivity contribution is 0.103. The summed E-state index contributed by atoms with van der Waals surface area (Å²) in [5.41, 5.74) is 6.09. The molecule has 4 aromatic rings. The zero-order valence-electron chi connectivity index (χ0n) is 16.3. The van der Waals surface area contributed by atoms with E-state index in [0.29, 0.717) is 11.1 Å². The molecule has 30 heavy (non-hydrogen) atoms. The van der Waals surface area contributed by atoms with Crippen LogP contribution in [-0.2, 0) is 12.8 Å². The van der Waals surface area contributed by atoms with E-state index in [1.807, 2.05) is 97.1 Å². The summed E-state index contributed by atoms with van der Waals surface area (Å²) in [6.07, 6.45) is 1.62. The van der Waals surface area contributed by atoms with E-state index in [-0.39, 0.29) is 5.78 Å². The number of carbonyl (C=O) groups excluding carboxylic acids is 1. The van der Waals surface area contributed by atoms with E-state index in [0.717, 1.165) is 34.0 Å². The van der Waals surface area contributed by atoms with Gasteiger partial charge in [0.15, 0.2) is 5.78 Å². The van der Waals surface area contributed by atoms with Crippen molar-refractivity contribution in [3.63, 3.8) is 0 Å². The molecule has 0 heterocycles. The summed E-state index contributed by atoms with van der Waals surface area (Å²) in [6, 6.07) is 31.3. The van der Waals surface area contributed by atoms with Crippen LogP contribution in [0.3, 0.4) is 0 Å². The number of benzene rings is 4. The second-order valence-electron chi connectivity index (χ2n) is 7.33. The zero-order valence-corrected chi connectivity index (χ0v) is 17.8. The molecule has 0 fully saturated rings. The summed E-state index contributed by atoms with van der Waals surface area (Å²) < 4.78 is 0. The van der Waals surface area contributed by atoms with Crippen molar-refractivity contribution in [2.45, 2.75) is 12.8 Å². The SMILES string of the molecule is O=C(c1ccc(Cc2ccc(Cl)cc2)cc1)c1ccc(Cc2ccc(Cl)cc2)cc1. The van der Waals surface area contributed by atoms with E-state index < -0.39 is 0 Å². The molecule has 3 heteroatoms. The van der Waals surface area contributed by atoms with Crippen molar-refractivity contribution in [3.8, 4) is 0 Å². The first-order valence-electron chi connectivity index (χ1n) is 9.78. The third kappa shape index (κ3) is 5.18. The Hall–Kier alpha value is -2.87. The molecule has 0 aromatic heterocycles. The molecule has 148 valence electrons. The average molecular weight is 431 g/mol. The van der Waals surface area contributed by atoms with Crippen LogP contribution >= 0.6 is 23.2 Å². The first-order valence-corrected chi connectivity index (χ1v) is 10.5. The third-order valence-corrected chi connectivity index (χ3v) is 5.58. The molecule has 0 unspecified atom stereocenters. The monoisotopic (exact) mass is 430 g/mol. The first kappa shape index (κ1) is 20.4. The van der Waals surface area contributed by atoms with Gasteiger partial charge in [-0.2, -0.15) is 0 Å². The molecule has 0 aliphatic heterocycles. The van der Waals surface area contributed by atoms with E-state index in [2.05, 4.69) is 0 Å². The van der Waals surface area contributed by atoms with Crippen LogP contribution in [0.2, 0.25) is 10.0 Å². The van der Waals surface area contributed by atoms with Crippen LogP contribution in [0.25, 0.3) is 0 Å². The Bertz CT molecular complexity index is 1030. The minimum Gasteiger partial charge on any atom is -0.289 e. The second-order valence-corrected chi connectivity index (χ2v) is 8.20. The summed E-state index contributed by atoms with van der Waals surface area (Å²) in [7, 11) is 0. The lowest BCUT2D eigenvalue weighted by atomic mass is 9.97. The van der Waals surface area contributed by atoms with Gasteiger partial charge in [0.2, 0.25) is 0 Å². The Kier molecular flexibility index (Phi) is 6.32. The lowest BCUT2D eigenvalue weighted by Gasteiger charge is -2.06. The number of rotatable bonds is 6. The molecule has 0 spiro atoms. The van der Waals surface area contributed by atoms with E-state index in [1.165, 1.54) is 11.1 Å². The highest BCUT2D eigenvalue weighted by Gasteiger charge is 2.09. The molecule has 0 aliphatic rings. The molecule has 0 amide bonds. The average Bonchev–Trinajstić information content (AvgIpc) is 2.77. The lowest BCUT2D eigenvalue weighted by Crippen LogP contribution is -2.02. The number of ketones is 1. The van der Waals surface area contributed by atoms with Gasteiger partial charge in [0.05, 0.1) is 0 Å². The molecule has 0 radical (unpaired) electrons. The quantitative estimate of drug-likeness (QED) is 0.291. The highest BCUT2D eigenvalue weighted by molar-refractivity contribution is 6.30. The molecule has 0 saturated carbocycles. The molecular formula is C27H20Cl2O. The molecule has 4 aromatic carbocycles. The van der Waals surface area contributed by atoms with Gasteiger partial charge in [0.25, 0.3) is 0 Å². The minimum absolute atomic E-state index is 0.0334. The Balaban J connectivity index is 1.42. The van der Waals surface area contributed by atoms with Gasteiger partial charge >= 0.3 is 0 Å². The predicted molar refractivity (Wildman–Crippen MR) is 125 cm³/mol. The number of hydrogen-bond acceptors (Lipinski definition) is 1. The topological polar surface area (TPSA) is 17.1 Å². The van der Waals surface area contributed by atoms with Crippen LogP contribution in [0.1, 0.15) is 38.2 Å². The maximum atomic E-state index is 12.8. The number of carbonyl (C=O) groups is 1. The van der Waals surface area contributed by atoms with Gasteiger partial charge < -0.3 is 0 Å². The van der Waals surface area contributed by atoms with Crippen LogP contribution in [0, 0.1) is 0 Å². The Morgan fingerprint density at radius 1 is 0.467 bits per heavy atom. The fraction of sp³-hybridized carbons (Fsp3) is 0.0741. The number of hydrogen-bond donors (Lipinski definition) is 0. The van der Waals surface area contributed by atoms with Gasteiger partial charge in [-0.3, -0.25) is 4.79 Å². The smallest absolute Gasteiger partial charge is 0.193 e. The molecule has 0 atom stereocenters. The minimum atomic E-state index is 0.0334. The van der Waals surface area contributed by atoms with Crippen LogP contribution in [-0.4, -0.2) is 5.78 Å². The van der Waals surface area contributed by atoms with Gasteiger partial charge in [-0.25, -0.2) is 0 Å². The van der Waals surface area contributed by atoms with E-state index in [9.17, 15) is 4.79 Å². The van der Waals surface area contributed by atoms with E-state index in [4.69, 9.17) is 23.2 Å². The van der Waals surface area contributed by atoms with Crippen LogP contribution in [0.5, 0.6) is 0 Å². The standard InChI is InChI=1S/C27H20Cl2O/c28-25-13-5-21(6-14-25)17-19-1-9-23(10-2-19)27(30)24-11-3-20(4-12-24)18-22-7-15-26(29)16-8-22/h1-16H,17-18H2. The fourth-order valence-electron chi connectivity index (χ4n) is 3.39. The second kappa shape index (κ2) is 9.30. The van der Waals surface area contributed by atoms with E-state index in [1.54, 1.807) is 0 Å². The van der Waals surface area contributed by atoms with Crippen molar-refractivity contribution in [3.05, 3.63) is 140 Å². The Morgan fingerprint density at radius 2 is 0.733 bits per heavy atom. The largest absolute Gasteiger partial charge is 0.289 e. The van der Waals surface area contributed by atoms with Crippen molar-refractivity contribution in [1.82, 2.24) is 0 Å². The van der Waals surface area contributed by atoms with Crippen LogP contribution in [0.15, 0.2) is 97.1 Å². The first-order chi connectivity index (χ1) is 14.6. The Morgan fingerprint density at radius 3 is 1.03 bits per heavy atom. The maximum absolute atomic E-state index is 12.8. The van der Waals surface area contributed by atoms with Crippen molar-refractivity contribution >= 4 is 29.0 Å². The zero-order chi connectivity index (χ0) is 20.9. The third-order valence-electron chi connectivity index (χ3n) is 5.08. The predicted octanol–water partition coefficient (Wildman–Crippen LogP) is 7.41. The van der Waals surface area contributed by atoms with Crippen molar-refractivity contribution in [2.75, 3.05) is 0 Å². The number of halogens is 2. The Labute approximate surface area is 186 Å². The van der Waals surface area contributed by atoms with Gasteiger partial charge in [-0.15, -0.1) is 0 Å².